The molecule has 0 fully saturated rings. The predicted molar refractivity (Wildman–Crippen MR) is 129 cm³/mol. The van der Waals surface area contributed by atoms with Crippen LogP contribution in [0.1, 0.15) is 52.8 Å². The quantitative estimate of drug-likeness (QED) is 0.313. The van der Waals surface area contributed by atoms with Gasteiger partial charge in [0.15, 0.2) is 0 Å². The molecule has 0 nitrogen and oxygen atoms in total. The lowest BCUT2D eigenvalue weighted by molar-refractivity contribution is 1.11. The van der Waals surface area contributed by atoms with Crippen LogP contribution in [0.2, 0.25) is 0 Å². The molecule has 0 aliphatic rings. The number of hydrogen-bond donors (Lipinski definition) is 0. The highest BCUT2D eigenvalue weighted by molar-refractivity contribution is 6.16. The van der Waals surface area contributed by atoms with Crippen molar-refractivity contribution in [1.29, 1.82) is 0 Å². The van der Waals surface area contributed by atoms with Crippen molar-refractivity contribution in [2.45, 2.75) is 61.3 Å². The Kier molecular flexibility index (Phi) is 4.99. The number of benzene rings is 4. The van der Waals surface area contributed by atoms with E-state index in [-0.39, 0.29) is 0 Å². The molecule has 0 bridgehead atoms. The molecule has 0 spiro atoms. The number of fused-ring (bicyclic) bond motifs is 3. The highest BCUT2D eigenvalue weighted by atomic mass is 14.2. The van der Waals surface area contributed by atoms with Crippen molar-refractivity contribution in [3.05, 3.63) is 81.4 Å². The second-order valence-electron chi connectivity index (χ2n) is 8.73. The fraction of sp³-hybridized carbons (Fsp3) is 0.310. The molecule has 0 N–H and O–H groups in total. The lowest BCUT2D eigenvalue weighted by Gasteiger charge is -2.19. The van der Waals surface area contributed by atoms with E-state index in [1.54, 1.807) is 0 Å². The Hall–Kier alpha value is -2.60. The van der Waals surface area contributed by atoms with Gasteiger partial charge in [0.25, 0.3) is 0 Å². The molecule has 4 aromatic rings. The predicted octanol–water partition coefficient (Wildman–Crippen LogP) is 8.33. The third-order valence-corrected chi connectivity index (χ3v) is 6.56. The average Bonchev–Trinajstić information content (AvgIpc) is 2.67. The Balaban J connectivity index is 2.25. The highest BCUT2D eigenvalue weighted by Gasteiger charge is 2.16. The Morgan fingerprint density at radius 2 is 1.00 bits per heavy atom. The van der Waals surface area contributed by atoms with E-state index in [4.69, 9.17) is 0 Å². The van der Waals surface area contributed by atoms with Gasteiger partial charge >= 0.3 is 0 Å². The van der Waals surface area contributed by atoms with Crippen LogP contribution in [-0.4, -0.2) is 0 Å². The zero-order chi connectivity index (χ0) is 20.9. The van der Waals surface area contributed by atoms with E-state index in [1.165, 1.54) is 71.6 Å². The summed E-state index contributed by atoms with van der Waals surface area (Å²) in [6, 6.07) is 16.7. The van der Waals surface area contributed by atoms with E-state index in [0.717, 1.165) is 12.8 Å². The molecule has 29 heavy (non-hydrogen) atoms. The summed E-state index contributed by atoms with van der Waals surface area (Å²) < 4.78 is 0. The van der Waals surface area contributed by atoms with Crippen LogP contribution in [0.15, 0.2) is 42.5 Å². The van der Waals surface area contributed by atoms with Crippen LogP contribution in [0.3, 0.4) is 0 Å². The number of hydrogen-bond acceptors (Lipinski definition) is 0. The van der Waals surface area contributed by atoms with Crippen LogP contribution >= 0.6 is 0 Å². The van der Waals surface area contributed by atoms with Gasteiger partial charge in [-0.2, -0.15) is 0 Å². The average molecular weight is 381 g/mol. The highest BCUT2D eigenvalue weighted by Crippen LogP contribution is 2.41. The topological polar surface area (TPSA) is 0 Å². The third kappa shape index (κ3) is 3.25. The molecule has 4 rings (SSSR count). The van der Waals surface area contributed by atoms with Crippen molar-refractivity contribution in [3.8, 4) is 11.1 Å². The van der Waals surface area contributed by atoms with Gasteiger partial charge in [0.2, 0.25) is 0 Å². The van der Waals surface area contributed by atoms with Gasteiger partial charge in [-0.3, -0.25) is 0 Å². The Bertz CT molecular complexity index is 1230. The first-order chi connectivity index (χ1) is 13.8. The zero-order valence-electron chi connectivity index (χ0n) is 19.0. The van der Waals surface area contributed by atoms with Gasteiger partial charge in [0.05, 0.1) is 0 Å². The van der Waals surface area contributed by atoms with Gasteiger partial charge in [0.1, 0.15) is 0 Å². The summed E-state index contributed by atoms with van der Waals surface area (Å²) in [5.41, 5.74) is 12.5. The molecule has 0 heteroatoms. The van der Waals surface area contributed by atoms with Crippen molar-refractivity contribution in [2.24, 2.45) is 0 Å². The van der Waals surface area contributed by atoms with Crippen LogP contribution in [0.4, 0.5) is 0 Å². The van der Waals surface area contributed by atoms with E-state index in [1.807, 2.05) is 0 Å². The van der Waals surface area contributed by atoms with Gasteiger partial charge in [-0.15, -0.1) is 0 Å². The third-order valence-electron chi connectivity index (χ3n) is 6.56. The summed E-state index contributed by atoms with van der Waals surface area (Å²) in [6.45, 7) is 15.7. The van der Waals surface area contributed by atoms with Crippen molar-refractivity contribution in [3.63, 3.8) is 0 Å². The molecular formula is C29H32. The van der Waals surface area contributed by atoms with Gasteiger partial charge in [-0.25, -0.2) is 0 Å². The molecule has 0 aromatic heterocycles. The fourth-order valence-corrected chi connectivity index (χ4v) is 5.06. The van der Waals surface area contributed by atoms with Gasteiger partial charge < -0.3 is 0 Å². The Morgan fingerprint density at radius 1 is 0.517 bits per heavy atom. The van der Waals surface area contributed by atoms with E-state index < -0.39 is 0 Å². The molecule has 0 amide bonds. The summed E-state index contributed by atoms with van der Waals surface area (Å²) in [6.07, 6.45) is 2.15. The first-order valence-electron chi connectivity index (χ1n) is 10.9. The lowest BCUT2D eigenvalue weighted by atomic mass is 9.84. The van der Waals surface area contributed by atoms with E-state index in [9.17, 15) is 0 Å². The summed E-state index contributed by atoms with van der Waals surface area (Å²) >= 11 is 0. The van der Waals surface area contributed by atoms with Crippen molar-refractivity contribution in [1.82, 2.24) is 0 Å². The van der Waals surface area contributed by atoms with E-state index in [0.29, 0.717) is 0 Å². The van der Waals surface area contributed by atoms with Crippen molar-refractivity contribution in [2.75, 3.05) is 0 Å². The van der Waals surface area contributed by atoms with Gasteiger partial charge in [-0.05, 0) is 108 Å². The largest absolute Gasteiger partial charge is 0.0613 e. The van der Waals surface area contributed by atoms with Crippen LogP contribution in [0, 0.1) is 34.6 Å². The molecule has 0 saturated heterocycles. The van der Waals surface area contributed by atoms with Gasteiger partial charge in [-0.1, -0.05) is 67.4 Å². The second-order valence-corrected chi connectivity index (χ2v) is 8.73. The monoisotopic (exact) mass is 380 g/mol. The maximum atomic E-state index is 2.45. The van der Waals surface area contributed by atoms with Crippen LogP contribution in [0.5, 0.6) is 0 Å². The molecule has 4 aromatic carbocycles. The molecule has 0 atom stereocenters. The maximum Gasteiger partial charge on any atom is -0.00694 e. The molecule has 148 valence electrons. The maximum absolute atomic E-state index is 2.45. The number of aryl methyl sites for hydroxylation is 7. The number of rotatable bonds is 3. The van der Waals surface area contributed by atoms with E-state index >= 15 is 0 Å². The minimum absolute atomic E-state index is 1.07. The first kappa shape index (κ1) is 19.7. The lowest BCUT2D eigenvalue weighted by Crippen LogP contribution is -1.96. The molecule has 0 unspecified atom stereocenters. The minimum Gasteiger partial charge on any atom is -0.0613 e. The SMILES string of the molecule is CCc1cc2c(cc1C)c(C)c(-c1cc(C)cc(C)c1)c1cc(C)c(CC)cc12. The molecule has 0 saturated carbocycles. The summed E-state index contributed by atoms with van der Waals surface area (Å²) in [5.74, 6) is 0. The van der Waals surface area contributed by atoms with Crippen molar-refractivity contribution >= 4 is 21.5 Å². The van der Waals surface area contributed by atoms with Crippen LogP contribution in [0.25, 0.3) is 32.7 Å². The van der Waals surface area contributed by atoms with Gasteiger partial charge in [0, 0.05) is 0 Å². The fourth-order valence-electron chi connectivity index (χ4n) is 5.06. The Morgan fingerprint density at radius 3 is 1.52 bits per heavy atom. The van der Waals surface area contributed by atoms with Crippen LogP contribution < -0.4 is 0 Å². The standard InChI is InChI=1S/C29H32/c1-8-22-15-26-25(13-19(22)5)21(7)29(24-11-17(3)10-18(4)12-24)28-14-20(6)23(9-2)16-27(26)28/h10-16H,8-9H2,1-7H3. The summed E-state index contributed by atoms with van der Waals surface area (Å²) in [5, 5.41) is 5.59. The molecular weight excluding hydrogens is 348 g/mol. The second kappa shape index (κ2) is 7.34. The Labute approximate surface area is 175 Å². The summed E-state index contributed by atoms with van der Waals surface area (Å²) in [4.78, 5) is 0. The molecule has 0 heterocycles. The zero-order valence-corrected chi connectivity index (χ0v) is 19.0. The van der Waals surface area contributed by atoms with Crippen LogP contribution in [-0.2, 0) is 12.8 Å². The normalized spacial score (nSPS) is 11.6. The van der Waals surface area contributed by atoms with Crippen molar-refractivity contribution < 1.29 is 0 Å². The first-order valence-corrected chi connectivity index (χ1v) is 10.9. The van der Waals surface area contributed by atoms with E-state index in [2.05, 4.69) is 90.9 Å². The molecule has 0 aliphatic carbocycles. The smallest absolute Gasteiger partial charge is 0.00694 e. The molecule has 0 radical (unpaired) electrons. The molecule has 0 aliphatic heterocycles. The minimum atomic E-state index is 1.07. The summed E-state index contributed by atoms with van der Waals surface area (Å²) in [7, 11) is 0.